The van der Waals surface area contributed by atoms with E-state index in [1.54, 1.807) is 7.11 Å². The molecular weight excluding hydrogens is 274 g/mol. The third-order valence-corrected chi connectivity index (χ3v) is 3.66. The maximum Gasteiger partial charge on any atom is 0.328 e. The lowest BCUT2D eigenvalue weighted by Gasteiger charge is -2.31. The molecule has 1 aliphatic rings. The van der Waals surface area contributed by atoms with Gasteiger partial charge in [-0.3, -0.25) is 5.32 Å². The number of ether oxygens (including phenoxy) is 4. The van der Waals surface area contributed by atoms with Crippen LogP contribution in [0.15, 0.2) is 0 Å². The van der Waals surface area contributed by atoms with Crippen LogP contribution in [0, 0.1) is 5.92 Å². The Bertz CT molecular complexity index is 296. The predicted molar refractivity (Wildman–Crippen MR) is 79.3 cm³/mol. The van der Waals surface area contributed by atoms with Crippen molar-refractivity contribution in [1.82, 2.24) is 5.32 Å². The predicted octanol–water partition coefficient (Wildman–Crippen LogP) is 0.987. The van der Waals surface area contributed by atoms with Crippen molar-refractivity contribution in [3.05, 3.63) is 0 Å². The number of methoxy groups -OCH3 is 2. The highest BCUT2D eigenvalue weighted by Crippen LogP contribution is 2.40. The van der Waals surface area contributed by atoms with Gasteiger partial charge in [0.25, 0.3) is 0 Å². The zero-order chi connectivity index (χ0) is 15.6. The number of rotatable bonds is 13. The summed E-state index contributed by atoms with van der Waals surface area (Å²) < 4.78 is 21.0. The molecule has 0 radical (unpaired) electrons. The molecule has 21 heavy (non-hydrogen) atoms. The summed E-state index contributed by atoms with van der Waals surface area (Å²) in [4.78, 5) is 12.1. The van der Waals surface area contributed by atoms with Crippen molar-refractivity contribution in [2.75, 3.05) is 53.8 Å². The third kappa shape index (κ3) is 5.90. The molecule has 1 rings (SSSR count). The minimum Gasteiger partial charge on any atom is -0.468 e. The van der Waals surface area contributed by atoms with Crippen molar-refractivity contribution in [1.29, 1.82) is 0 Å². The Morgan fingerprint density at radius 1 is 1.14 bits per heavy atom. The molecule has 0 aromatic carbocycles. The number of nitrogens with one attached hydrogen (secondary N) is 1. The van der Waals surface area contributed by atoms with Crippen molar-refractivity contribution < 1.29 is 23.7 Å². The SMILES string of the molecule is CCNC(COCCOCCCOC)(C(=O)OC)C1CC1. The molecule has 6 nitrogen and oxygen atoms in total. The van der Waals surface area contributed by atoms with Crippen LogP contribution in [0.25, 0.3) is 0 Å². The summed E-state index contributed by atoms with van der Waals surface area (Å²) >= 11 is 0. The molecule has 1 atom stereocenters. The van der Waals surface area contributed by atoms with Crippen molar-refractivity contribution >= 4 is 5.97 Å². The summed E-state index contributed by atoms with van der Waals surface area (Å²) in [5.74, 6) is 0.0837. The minimum atomic E-state index is -0.695. The molecule has 1 fully saturated rings. The van der Waals surface area contributed by atoms with Gasteiger partial charge in [-0.1, -0.05) is 6.92 Å². The van der Waals surface area contributed by atoms with E-state index in [4.69, 9.17) is 18.9 Å². The van der Waals surface area contributed by atoms with Gasteiger partial charge in [0, 0.05) is 20.3 Å². The molecule has 124 valence electrons. The van der Waals surface area contributed by atoms with Gasteiger partial charge in [-0.05, 0) is 31.7 Å². The molecule has 0 spiro atoms. The summed E-state index contributed by atoms with van der Waals surface area (Å²) in [6, 6.07) is 0. The summed E-state index contributed by atoms with van der Waals surface area (Å²) in [7, 11) is 3.10. The molecule has 0 bridgehead atoms. The lowest BCUT2D eigenvalue weighted by Crippen LogP contribution is -2.58. The number of likely N-dealkylation sites (N-methyl/N-ethyl adjacent to an activating group) is 1. The molecular formula is C15H29NO5. The molecule has 1 unspecified atom stereocenters. The van der Waals surface area contributed by atoms with Crippen LogP contribution in [0.3, 0.4) is 0 Å². The Balaban J connectivity index is 2.28. The Morgan fingerprint density at radius 2 is 1.86 bits per heavy atom. The second kappa shape index (κ2) is 10.1. The van der Waals surface area contributed by atoms with E-state index in [0.29, 0.717) is 45.5 Å². The highest BCUT2D eigenvalue weighted by molar-refractivity contribution is 5.82. The van der Waals surface area contributed by atoms with Crippen LogP contribution in [0.2, 0.25) is 0 Å². The highest BCUT2D eigenvalue weighted by Gasteiger charge is 2.51. The Labute approximate surface area is 127 Å². The normalized spacial score (nSPS) is 17.5. The fourth-order valence-electron chi connectivity index (χ4n) is 2.44. The minimum absolute atomic E-state index is 0.229. The summed E-state index contributed by atoms with van der Waals surface area (Å²) in [5, 5.41) is 3.27. The van der Waals surface area contributed by atoms with Crippen molar-refractivity contribution in [2.45, 2.75) is 31.7 Å². The van der Waals surface area contributed by atoms with Crippen molar-refractivity contribution in [2.24, 2.45) is 5.92 Å². The Morgan fingerprint density at radius 3 is 2.43 bits per heavy atom. The molecule has 6 heteroatoms. The number of hydrogen-bond donors (Lipinski definition) is 1. The first-order valence-electron chi connectivity index (χ1n) is 7.69. The van der Waals surface area contributed by atoms with Gasteiger partial charge in [0.1, 0.15) is 5.54 Å². The Kier molecular flexibility index (Phi) is 8.84. The van der Waals surface area contributed by atoms with Crippen molar-refractivity contribution in [3.63, 3.8) is 0 Å². The monoisotopic (exact) mass is 303 g/mol. The van der Waals surface area contributed by atoms with Gasteiger partial charge in [0.05, 0.1) is 26.9 Å². The van der Waals surface area contributed by atoms with Crippen LogP contribution in [-0.2, 0) is 23.7 Å². The molecule has 1 aliphatic carbocycles. The van der Waals surface area contributed by atoms with E-state index >= 15 is 0 Å². The first-order valence-corrected chi connectivity index (χ1v) is 7.69. The van der Waals surface area contributed by atoms with Gasteiger partial charge in [-0.2, -0.15) is 0 Å². The smallest absolute Gasteiger partial charge is 0.328 e. The van der Waals surface area contributed by atoms with Crippen LogP contribution in [-0.4, -0.2) is 65.3 Å². The third-order valence-electron chi connectivity index (χ3n) is 3.66. The van der Waals surface area contributed by atoms with Crippen LogP contribution >= 0.6 is 0 Å². The standard InChI is InChI=1S/C15H29NO5/c1-4-16-15(13-6-7-13,14(17)19-3)12-21-11-10-20-9-5-8-18-2/h13,16H,4-12H2,1-3H3. The molecule has 0 aromatic rings. The van der Waals surface area contributed by atoms with Gasteiger partial charge in [-0.15, -0.1) is 0 Å². The molecule has 0 amide bonds. The zero-order valence-corrected chi connectivity index (χ0v) is 13.5. The van der Waals surface area contributed by atoms with E-state index in [1.165, 1.54) is 7.11 Å². The molecule has 1 saturated carbocycles. The van der Waals surface area contributed by atoms with E-state index in [2.05, 4.69) is 5.32 Å². The van der Waals surface area contributed by atoms with Crippen LogP contribution in [0.5, 0.6) is 0 Å². The lowest BCUT2D eigenvalue weighted by atomic mass is 9.94. The Hall–Kier alpha value is -0.690. The average Bonchev–Trinajstić information content (AvgIpc) is 3.33. The largest absolute Gasteiger partial charge is 0.468 e. The maximum atomic E-state index is 12.1. The van der Waals surface area contributed by atoms with E-state index < -0.39 is 5.54 Å². The van der Waals surface area contributed by atoms with Crippen LogP contribution in [0.4, 0.5) is 0 Å². The van der Waals surface area contributed by atoms with Gasteiger partial charge >= 0.3 is 5.97 Å². The average molecular weight is 303 g/mol. The summed E-state index contributed by atoms with van der Waals surface area (Å²) in [5.41, 5.74) is -0.695. The van der Waals surface area contributed by atoms with Gasteiger partial charge in [-0.25, -0.2) is 4.79 Å². The van der Waals surface area contributed by atoms with Gasteiger partial charge < -0.3 is 18.9 Å². The molecule has 0 aliphatic heterocycles. The fourth-order valence-corrected chi connectivity index (χ4v) is 2.44. The van der Waals surface area contributed by atoms with Gasteiger partial charge in [0.2, 0.25) is 0 Å². The number of hydrogen-bond acceptors (Lipinski definition) is 6. The first-order chi connectivity index (χ1) is 10.2. The van der Waals surface area contributed by atoms with E-state index in [1.807, 2.05) is 6.92 Å². The number of esters is 1. The first kappa shape index (κ1) is 18.4. The summed E-state index contributed by atoms with van der Waals surface area (Å²) in [6.07, 6.45) is 2.96. The second-order valence-corrected chi connectivity index (χ2v) is 5.28. The van der Waals surface area contributed by atoms with E-state index in [-0.39, 0.29) is 5.97 Å². The number of carbonyl (C=O) groups excluding carboxylic acids is 1. The maximum absolute atomic E-state index is 12.1. The zero-order valence-electron chi connectivity index (χ0n) is 13.5. The molecule has 0 heterocycles. The second-order valence-electron chi connectivity index (χ2n) is 5.28. The molecule has 0 saturated heterocycles. The topological polar surface area (TPSA) is 66.0 Å². The van der Waals surface area contributed by atoms with Crippen molar-refractivity contribution in [3.8, 4) is 0 Å². The quantitative estimate of drug-likeness (QED) is 0.404. The lowest BCUT2D eigenvalue weighted by molar-refractivity contribution is -0.153. The van der Waals surface area contributed by atoms with Gasteiger partial charge in [0.15, 0.2) is 0 Å². The van der Waals surface area contributed by atoms with Crippen LogP contribution < -0.4 is 5.32 Å². The molecule has 0 aromatic heterocycles. The molecule has 1 N–H and O–H groups in total. The highest BCUT2D eigenvalue weighted by atomic mass is 16.5. The van der Waals surface area contributed by atoms with Crippen LogP contribution in [0.1, 0.15) is 26.2 Å². The van der Waals surface area contributed by atoms with E-state index in [0.717, 1.165) is 19.3 Å². The summed E-state index contributed by atoms with van der Waals surface area (Å²) in [6.45, 7) is 5.40. The fraction of sp³-hybridized carbons (Fsp3) is 0.933. The van der Waals surface area contributed by atoms with E-state index in [9.17, 15) is 4.79 Å². The number of carbonyl (C=O) groups is 1.